The lowest BCUT2D eigenvalue weighted by Gasteiger charge is -2.28. The van der Waals surface area contributed by atoms with Crippen molar-refractivity contribution in [1.29, 1.82) is 0 Å². The number of Topliss-reactive ketones (excluding diaryl/α,β-unsaturated/α-hetero) is 3. The van der Waals surface area contributed by atoms with E-state index < -0.39 is 45.8 Å². The number of allylic oxidation sites excluding steroid dienone is 3. The van der Waals surface area contributed by atoms with Crippen LogP contribution in [0.1, 0.15) is 68.4 Å². The number of hydrogen-bond acceptors (Lipinski definition) is 7. The highest BCUT2D eigenvalue weighted by Crippen LogP contribution is 2.45. The van der Waals surface area contributed by atoms with Gasteiger partial charge in [-0.3, -0.25) is 14.4 Å². The molecule has 0 saturated carbocycles. The number of hydrogen-bond donors (Lipinski definition) is 4. The summed E-state index contributed by atoms with van der Waals surface area (Å²) in [5.74, 6) is -3.51. The summed E-state index contributed by atoms with van der Waals surface area (Å²) in [5.41, 5.74) is -1.57. The Hall–Kier alpha value is -3.09. The molecule has 0 aliphatic heterocycles. The van der Waals surface area contributed by atoms with Crippen molar-refractivity contribution in [3.05, 3.63) is 39.7 Å². The maximum Gasteiger partial charge on any atom is 0.179 e. The molecule has 0 atom stereocenters. The van der Waals surface area contributed by atoms with Crippen molar-refractivity contribution in [2.24, 2.45) is 5.41 Å². The number of phenols is 3. The van der Waals surface area contributed by atoms with Gasteiger partial charge in [-0.1, -0.05) is 19.9 Å². The maximum atomic E-state index is 12.6. The molecule has 1 aromatic rings. The SMILES string of the molecule is CCCC(=O)c1c(O)c(C)c(O)c(CC2=CC(C)(C)C(=O)C(C(=O)CC)=C2O)c1O. The summed E-state index contributed by atoms with van der Waals surface area (Å²) in [4.78, 5) is 37.3. The van der Waals surface area contributed by atoms with Gasteiger partial charge in [0.25, 0.3) is 0 Å². The van der Waals surface area contributed by atoms with E-state index in [1.165, 1.54) is 13.0 Å². The van der Waals surface area contributed by atoms with Gasteiger partial charge in [-0.2, -0.15) is 0 Å². The number of aliphatic hydroxyl groups is 1. The quantitative estimate of drug-likeness (QED) is 0.391. The van der Waals surface area contributed by atoms with E-state index in [2.05, 4.69) is 0 Å². The molecule has 0 spiro atoms. The second-order valence-corrected chi connectivity index (χ2v) is 8.10. The van der Waals surface area contributed by atoms with Gasteiger partial charge in [0.1, 0.15) is 34.1 Å². The van der Waals surface area contributed by atoms with Crippen molar-refractivity contribution in [3.63, 3.8) is 0 Å². The summed E-state index contributed by atoms with van der Waals surface area (Å²) in [5, 5.41) is 42.2. The average molecular weight is 416 g/mol. The summed E-state index contributed by atoms with van der Waals surface area (Å²) in [6.45, 7) is 7.96. The highest BCUT2D eigenvalue weighted by molar-refractivity contribution is 6.23. The number of carbonyl (C=O) groups excluding carboxylic acids is 3. The van der Waals surface area contributed by atoms with E-state index in [1.54, 1.807) is 27.7 Å². The molecule has 0 saturated heterocycles. The van der Waals surface area contributed by atoms with Gasteiger partial charge in [0.2, 0.25) is 0 Å². The molecule has 0 bridgehead atoms. The lowest BCUT2D eigenvalue weighted by molar-refractivity contribution is -0.125. The van der Waals surface area contributed by atoms with E-state index in [0.717, 1.165) is 0 Å². The van der Waals surface area contributed by atoms with Gasteiger partial charge in [-0.15, -0.1) is 0 Å². The fourth-order valence-corrected chi connectivity index (χ4v) is 3.61. The van der Waals surface area contributed by atoms with E-state index in [4.69, 9.17) is 0 Å². The number of rotatable bonds is 7. The Morgan fingerprint density at radius 1 is 0.967 bits per heavy atom. The van der Waals surface area contributed by atoms with Crippen LogP contribution in [0.15, 0.2) is 23.0 Å². The number of aliphatic hydroxyl groups excluding tert-OH is 1. The van der Waals surface area contributed by atoms with Crippen molar-refractivity contribution < 1.29 is 34.8 Å². The summed E-state index contributed by atoms with van der Waals surface area (Å²) in [7, 11) is 0. The zero-order chi connectivity index (χ0) is 23.0. The Kier molecular flexibility index (Phi) is 6.45. The maximum absolute atomic E-state index is 12.6. The minimum Gasteiger partial charge on any atom is -0.507 e. The molecule has 4 N–H and O–H groups in total. The van der Waals surface area contributed by atoms with Crippen LogP contribution < -0.4 is 0 Å². The Bertz CT molecular complexity index is 994. The molecule has 1 aliphatic rings. The molecule has 0 amide bonds. The first kappa shape index (κ1) is 23.2. The first-order valence-electron chi connectivity index (χ1n) is 9.91. The largest absolute Gasteiger partial charge is 0.507 e. The summed E-state index contributed by atoms with van der Waals surface area (Å²) in [6, 6.07) is 0. The summed E-state index contributed by atoms with van der Waals surface area (Å²) < 4.78 is 0. The highest BCUT2D eigenvalue weighted by atomic mass is 16.3. The third kappa shape index (κ3) is 3.84. The molecule has 7 heteroatoms. The van der Waals surface area contributed by atoms with Gasteiger partial charge in [0, 0.05) is 35.8 Å². The standard InChI is InChI=1S/C23H28O7/c1-6-8-15(25)16-19(27)11(3)18(26)13(21(16)29)9-12-10-23(4,5)22(30)17(20(12)28)14(24)7-2/h10,26-29H,6-9H2,1-5H3. The van der Waals surface area contributed by atoms with E-state index >= 15 is 0 Å². The molecular formula is C23H28O7. The highest BCUT2D eigenvalue weighted by Gasteiger charge is 2.39. The van der Waals surface area contributed by atoms with Crippen LogP contribution in [0.25, 0.3) is 0 Å². The van der Waals surface area contributed by atoms with Crippen LogP contribution in [0.2, 0.25) is 0 Å². The second kappa shape index (κ2) is 8.34. The molecule has 0 aromatic heterocycles. The number of ketones is 3. The third-order valence-corrected chi connectivity index (χ3v) is 5.37. The lowest BCUT2D eigenvalue weighted by Crippen LogP contribution is -2.32. The molecular weight excluding hydrogens is 388 g/mol. The van der Waals surface area contributed by atoms with E-state index in [9.17, 15) is 34.8 Å². The predicted molar refractivity (Wildman–Crippen MR) is 111 cm³/mol. The fourth-order valence-electron chi connectivity index (χ4n) is 3.61. The van der Waals surface area contributed by atoms with Gasteiger partial charge in [-0.05, 0) is 32.8 Å². The van der Waals surface area contributed by atoms with Gasteiger partial charge >= 0.3 is 0 Å². The van der Waals surface area contributed by atoms with E-state index in [1.807, 2.05) is 0 Å². The van der Waals surface area contributed by atoms with Crippen LogP contribution in [0, 0.1) is 12.3 Å². The van der Waals surface area contributed by atoms with Crippen molar-refractivity contribution in [1.82, 2.24) is 0 Å². The average Bonchev–Trinajstić information content (AvgIpc) is 2.67. The minimum absolute atomic E-state index is 0.0160. The second-order valence-electron chi connectivity index (χ2n) is 8.10. The normalized spacial score (nSPS) is 15.9. The van der Waals surface area contributed by atoms with Crippen molar-refractivity contribution in [3.8, 4) is 17.2 Å². The fraction of sp³-hybridized carbons (Fsp3) is 0.435. The van der Waals surface area contributed by atoms with Crippen molar-refractivity contribution >= 4 is 17.3 Å². The van der Waals surface area contributed by atoms with Gasteiger partial charge in [0.15, 0.2) is 17.3 Å². The Morgan fingerprint density at radius 2 is 1.57 bits per heavy atom. The minimum atomic E-state index is -1.08. The van der Waals surface area contributed by atoms with Crippen LogP contribution in [0.4, 0.5) is 0 Å². The summed E-state index contributed by atoms with van der Waals surface area (Å²) >= 11 is 0. The molecule has 0 unspecified atom stereocenters. The van der Waals surface area contributed by atoms with Crippen molar-refractivity contribution in [2.75, 3.05) is 0 Å². The monoisotopic (exact) mass is 416 g/mol. The molecule has 0 heterocycles. The van der Waals surface area contributed by atoms with Gasteiger partial charge in [0.05, 0.1) is 0 Å². The Morgan fingerprint density at radius 3 is 2.10 bits per heavy atom. The van der Waals surface area contributed by atoms with Crippen LogP contribution >= 0.6 is 0 Å². The third-order valence-electron chi connectivity index (χ3n) is 5.37. The van der Waals surface area contributed by atoms with Gasteiger partial charge < -0.3 is 20.4 Å². The van der Waals surface area contributed by atoms with Crippen LogP contribution in [0.5, 0.6) is 17.2 Å². The smallest absolute Gasteiger partial charge is 0.179 e. The molecule has 30 heavy (non-hydrogen) atoms. The molecule has 2 rings (SSSR count). The Labute approximate surface area is 175 Å². The van der Waals surface area contributed by atoms with Crippen molar-refractivity contribution in [2.45, 2.75) is 60.3 Å². The molecule has 162 valence electrons. The van der Waals surface area contributed by atoms with Gasteiger partial charge in [-0.25, -0.2) is 0 Å². The predicted octanol–water partition coefficient (Wildman–Crippen LogP) is 3.96. The number of carbonyl (C=O) groups is 3. The molecule has 1 aromatic carbocycles. The molecule has 7 nitrogen and oxygen atoms in total. The number of aromatic hydroxyl groups is 3. The first-order chi connectivity index (χ1) is 13.9. The first-order valence-corrected chi connectivity index (χ1v) is 9.91. The summed E-state index contributed by atoms with van der Waals surface area (Å²) in [6.07, 6.45) is 1.86. The number of benzene rings is 1. The van der Waals surface area contributed by atoms with Crippen LogP contribution in [-0.4, -0.2) is 37.8 Å². The van der Waals surface area contributed by atoms with Crippen LogP contribution in [-0.2, 0) is 16.0 Å². The molecule has 0 fully saturated rings. The zero-order valence-corrected chi connectivity index (χ0v) is 17.9. The molecule has 1 aliphatic carbocycles. The lowest BCUT2D eigenvalue weighted by atomic mass is 9.74. The van der Waals surface area contributed by atoms with E-state index in [-0.39, 0.29) is 47.1 Å². The van der Waals surface area contributed by atoms with E-state index in [0.29, 0.717) is 6.42 Å². The molecule has 0 radical (unpaired) electrons. The number of phenolic OH excluding ortho intramolecular Hbond substituents is 3. The topological polar surface area (TPSA) is 132 Å². The Balaban J connectivity index is 2.69. The zero-order valence-electron chi connectivity index (χ0n) is 17.9. The van der Waals surface area contributed by atoms with Crippen LogP contribution in [0.3, 0.4) is 0 Å².